The summed E-state index contributed by atoms with van der Waals surface area (Å²) in [6.07, 6.45) is 4.10. The molecule has 0 aliphatic carbocycles. The normalized spacial score (nSPS) is 22.5. The van der Waals surface area contributed by atoms with Gasteiger partial charge in [-0.25, -0.2) is 0 Å². The minimum Gasteiger partial charge on any atom is -0.319 e. The van der Waals surface area contributed by atoms with Crippen LogP contribution in [0.15, 0.2) is 0 Å². The van der Waals surface area contributed by atoms with Crippen LogP contribution < -0.4 is 5.32 Å². The van der Waals surface area contributed by atoms with Crippen LogP contribution in [0.1, 0.15) is 33.1 Å². The number of hydrogen-bond acceptors (Lipinski definition) is 2. The first kappa shape index (κ1) is 12.0. The molecule has 0 bridgehead atoms. The van der Waals surface area contributed by atoms with E-state index in [2.05, 4.69) is 31.1 Å². The fourth-order valence-electron chi connectivity index (χ4n) is 2.24. The molecule has 1 atom stereocenters. The van der Waals surface area contributed by atoms with Gasteiger partial charge in [0.15, 0.2) is 0 Å². The van der Waals surface area contributed by atoms with Crippen molar-refractivity contribution in [1.82, 2.24) is 10.2 Å². The maximum absolute atomic E-state index is 3.29. The molecular weight excluding hydrogens is 172 g/mol. The Morgan fingerprint density at radius 1 is 1.36 bits per heavy atom. The van der Waals surface area contributed by atoms with Crippen LogP contribution in [0.25, 0.3) is 0 Å². The Balaban J connectivity index is 2.21. The van der Waals surface area contributed by atoms with E-state index in [4.69, 9.17) is 0 Å². The van der Waals surface area contributed by atoms with Gasteiger partial charge in [0.2, 0.25) is 0 Å². The fourth-order valence-corrected chi connectivity index (χ4v) is 2.24. The quantitative estimate of drug-likeness (QED) is 0.726. The molecule has 1 heterocycles. The molecule has 0 radical (unpaired) electrons. The maximum Gasteiger partial charge on any atom is 0.00217 e. The number of likely N-dealkylation sites (tertiary alicyclic amines) is 1. The van der Waals surface area contributed by atoms with E-state index >= 15 is 0 Å². The molecule has 1 fully saturated rings. The molecule has 0 spiro atoms. The average Bonchev–Trinajstić information content (AvgIpc) is 2.20. The fraction of sp³-hybridized carbons (Fsp3) is 1.00. The molecule has 2 heteroatoms. The maximum atomic E-state index is 3.29. The highest BCUT2D eigenvalue weighted by Gasteiger charge is 2.17. The van der Waals surface area contributed by atoms with E-state index in [1.165, 1.54) is 45.4 Å². The lowest BCUT2D eigenvalue weighted by atomic mass is 9.97. The predicted octanol–water partition coefficient (Wildman–Crippen LogP) is 1.96. The molecule has 1 aliphatic heterocycles. The first-order valence-corrected chi connectivity index (χ1v) is 6.13. The Morgan fingerprint density at radius 3 is 2.50 bits per heavy atom. The molecule has 1 aliphatic rings. The van der Waals surface area contributed by atoms with Gasteiger partial charge in [0.25, 0.3) is 0 Å². The van der Waals surface area contributed by atoms with E-state index in [-0.39, 0.29) is 0 Å². The summed E-state index contributed by atoms with van der Waals surface area (Å²) in [6.45, 7) is 9.78. The lowest BCUT2D eigenvalue weighted by molar-refractivity contribution is 0.164. The van der Waals surface area contributed by atoms with Crippen molar-refractivity contribution in [3.05, 3.63) is 0 Å². The zero-order chi connectivity index (χ0) is 10.4. The second kappa shape index (κ2) is 6.41. The van der Waals surface area contributed by atoms with E-state index in [0.29, 0.717) is 0 Å². The van der Waals surface area contributed by atoms with Gasteiger partial charge < -0.3 is 10.2 Å². The third-order valence-electron chi connectivity index (χ3n) is 3.46. The van der Waals surface area contributed by atoms with Gasteiger partial charge >= 0.3 is 0 Å². The average molecular weight is 198 g/mol. The van der Waals surface area contributed by atoms with Crippen molar-refractivity contribution in [2.45, 2.75) is 33.1 Å². The van der Waals surface area contributed by atoms with Crippen molar-refractivity contribution in [1.29, 1.82) is 0 Å². The van der Waals surface area contributed by atoms with Crippen LogP contribution in [0.5, 0.6) is 0 Å². The Morgan fingerprint density at radius 2 is 2.00 bits per heavy atom. The topological polar surface area (TPSA) is 15.3 Å². The van der Waals surface area contributed by atoms with E-state index < -0.39 is 0 Å². The Labute approximate surface area is 89.1 Å². The smallest absolute Gasteiger partial charge is 0.00217 e. The summed E-state index contributed by atoms with van der Waals surface area (Å²) in [5.41, 5.74) is 0. The Hall–Kier alpha value is -0.0800. The third kappa shape index (κ3) is 3.97. The van der Waals surface area contributed by atoms with Gasteiger partial charge in [-0.2, -0.15) is 0 Å². The van der Waals surface area contributed by atoms with Crippen molar-refractivity contribution in [3.8, 4) is 0 Å². The van der Waals surface area contributed by atoms with Crippen molar-refractivity contribution >= 4 is 0 Å². The lowest BCUT2D eigenvalue weighted by Crippen LogP contribution is -2.38. The molecule has 84 valence electrons. The first-order chi connectivity index (χ1) is 6.76. The molecule has 1 rings (SSSR count). The summed E-state index contributed by atoms with van der Waals surface area (Å²) in [6, 6.07) is 0. The zero-order valence-electron chi connectivity index (χ0n) is 10.1. The summed E-state index contributed by atoms with van der Waals surface area (Å²) in [4.78, 5) is 2.64. The van der Waals surface area contributed by atoms with Crippen molar-refractivity contribution in [2.75, 3.05) is 33.2 Å². The molecule has 0 amide bonds. The molecule has 14 heavy (non-hydrogen) atoms. The van der Waals surface area contributed by atoms with Gasteiger partial charge in [-0.3, -0.25) is 0 Å². The van der Waals surface area contributed by atoms with E-state index in [1.54, 1.807) is 0 Å². The molecule has 0 saturated carbocycles. The molecule has 1 N–H and O–H groups in total. The van der Waals surface area contributed by atoms with Gasteiger partial charge in [0, 0.05) is 6.54 Å². The number of rotatable bonds is 5. The van der Waals surface area contributed by atoms with Crippen molar-refractivity contribution in [3.63, 3.8) is 0 Å². The van der Waals surface area contributed by atoms with Gasteiger partial charge in [-0.05, 0) is 51.4 Å². The monoisotopic (exact) mass is 198 g/mol. The largest absolute Gasteiger partial charge is 0.319 e. The van der Waals surface area contributed by atoms with Crippen molar-refractivity contribution in [2.24, 2.45) is 11.8 Å². The molecule has 1 unspecified atom stereocenters. The van der Waals surface area contributed by atoms with Gasteiger partial charge in [-0.15, -0.1) is 0 Å². The second-order valence-corrected chi connectivity index (χ2v) is 4.82. The van der Waals surface area contributed by atoms with E-state index in [0.717, 1.165) is 11.8 Å². The van der Waals surface area contributed by atoms with Crippen LogP contribution in [-0.2, 0) is 0 Å². The number of nitrogens with one attached hydrogen (secondary N) is 1. The molecule has 1 saturated heterocycles. The van der Waals surface area contributed by atoms with Crippen LogP contribution in [0.2, 0.25) is 0 Å². The first-order valence-electron chi connectivity index (χ1n) is 6.13. The molecule has 0 aromatic carbocycles. The number of piperidine rings is 1. The van der Waals surface area contributed by atoms with Crippen LogP contribution in [0.3, 0.4) is 0 Å². The predicted molar refractivity (Wildman–Crippen MR) is 62.5 cm³/mol. The van der Waals surface area contributed by atoms with Gasteiger partial charge in [0.05, 0.1) is 0 Å². The second-order valence-electron chi connectivity index (χ2n) is 4.82. The van der Waals surface area contributed by atoms with E-state index in [1.807, 2.05) is 0 Å². The number of nitrogens with zero attached hydrogens (tertiary/aromatic N) is 1. The summed E-state index contributed by atoms with van der Waals surface area (Å²) in [5.74, 6) is 1.80. The van der Waals surface area contributed by atoms with Gasteiger partial charge in [0.1, 0.15) is 0 Å². The lowest BCUT2D eigenvalue weighted by Gasteiger charge is -2.32. The SMILES string of the molecule is CCC(CNC)CN1CCC(C)CC1. The molecule has 0 aromatic rings. The number of hydrogen-bond donors (Lipinski definition) is 1. The van der Waals surface area contributed by atoms with Crippen LogP contribution in [0.4, 0.5) is 0 Å². The summed E-state index contributed by atoms with van der Waals surface area (Å²) in [7, 11) is 2.06. The zero-order valence-corrected chi connectivity index (χ0v) is 10.1. The molecule has 0 aromatic heterocycles. The Kier molecular flexibility index (Phi) is 5.49. The van der Waals surface area contributed by atoms with Gasteiger partial charge in [-0.1, -0.05) is 20.3 Å². The van der Waals surface area contributed by atoms with Crippen LogP contribution in [0, 0.1) is 11.8 Å². The molecular formula is C12H26N2. The van der Waals surface area contributed by atoms with Crippen LogP contribution >= 0.6 is 0 Å². The minimum absolute atomic E-state index is 0.841. The van der Waals surface area contributed by atoms with E-state index in [9.17, 15) is 0 Å². The highest BCUT2D eigenvalue weighted by atomic mass is 15.1. The summed E-state index contributed by atoms with van der Waals surface area (Å²) in [5, 5.41) is 3.29. The summed E-state index contributed by atoms with van der Waals surface area (Å²) < 4.78 is 0. The standard InChI is InChI=1S/C12H26N2/c1-4-12(9-13-3)10-14-7-5-11(2)6-8-14/h11-13H,4-10H2,1-3H3. The highest BCUT2D eigenvalue weighted by Crippen LogP contribution is 2.17. The third-order valence-corrected chi connectivity index (χ3v) is 3.46. The minimum atomic E-state index is 0.841. The molecule has 2 nitrogen and oxygen atoms in total. The van der Waals surface area contributed by atoms with Crippen molar-refractivity contribution < 1.29 is 0 Å². The highest BCUT2D eigenvalue weighted by molar-refractivity contribution is 4.72. The Bertz CT molecular complexity index is 139. The summed E-state index contributed by atoms with van der Waals surface area (Å²) >= 11 is 0. The van der Waals surface area contributed by atoms with Crippen LogP contribution in [-0.4, -0.2) is 38.1 Å².